The molecule has 0 aliphatic carbocycles. The lowest BCUT2D eigenvalue weighted by Crippen LogP contribution is -2.19. The third-order valence-electron chi connectivity index (χ3n) is 2.91. The van der Waals surface area contributed by atoms with Gasteiger partial charge in [-0.3, -0.25) is 0 Å². The molecule has 0 saturated carbocycles. The van der Waals surface area contributed by atoms with Crippen LogP contribution in [0.2, 0.25) is 0 Å². The molecule has 0 fully saturated rings. The van der Waals surface area contributed by atoms with E-state index >= 15 is 0 Å². The first-order valence-electron chi connectivity index (χ1n) is 5.99. The van der Waals surface area contributed by atoms with Crippen molar-refractivity contribution in [2.75, 3.05) is 6.54 Å². The predicted molar refractivity (Wildman–Crippen MR) is 70.0 cm³/mol. The number of ether oxygens (including phenoxy) is 1. The molecule has 0 aliphatic heterocycles. The van der Waals surface area contributed by atoms with Gasteiger partial charge in [-0.1, -0.05) is 24.3 Å². The first-order chi connectivity index (χ1) is 9.11. The highest BCUT2D eigenvalue weighted by Crippen LogP contribution is 2.26. The van der Waals surface area contributed by atoms with Crippen LogP contribution in [0, 0.1) is 18.6 Å². The Kier molecular flexibility index (Phi) is 4.12. The monoisotopic (exact) mass is 263 g/mol. The van der Waals surface area contributed by atoms with Crippen LogP contribution in [0.3, 0.4) is 0 Å². The summed E-state index contributed by atoms with van der Waals surface area (Å²) in [6.45, 7) is 2.10. The summed E-state index contributed by atoms with van der Waals surface area (Å²) in [7, 11) is 0. The van der Waals surface area contributed by atoms with Crippen LogP contribution in [0.4, 0.5) is 8.78 Å². The average Bonchev–Trinajstić information content (AvgIpc) is 2.41. The third-order valence-corrected chi connectivity index (χ3v) is 2.91. The molecule has 2 N–H and O–H groups in total. The number of nitrogens with two attached hydrogens (primary N) is 1. The smallest absolute Gasteiger partial charge is 0.165 e. The van der Waals surface area contributed by atoms with E-state index in [1.54, 1.807) is 0 Å². The molecule has 2 aromatic carbocycles. The molecule has 1 atom stereocenters. The number of hydrogen-bond donors (Lipinski definition) is 1. The van der Waals surface area contributed by atoms with Crippen LogP contribution in [0.1, 0.15) is 17.2 Å². The number of benzene rings is 2. The summed E-state index contributed by atoms with van der Waals surface area (Å²) in [5, 5.41) is 0. The van der Waals surface area contributed by atoms with Crippen LogP contribution < -0.4 is 10.5 Å². The van der Waals surface area contributed by atoms with E-state index in [9.17, 15) is 8.78 Å². The molecule has 2 nitrogen and oxygen atoms in total. The molecule has 1 unspecified atom stereocenters. The Morgan fingerprint density at radius 3 is 2.58 bits per heavy atom. The van der Waals surface area contributed by atoms with Gasteiger partial charge in [-0.05, 0) is 30.2 Å². The second-order valence-corrected chi connectivity index (χ2v) is 4.27. The third kappa shape index (κ3) is 3.09. The van der Waals surface area contributed by atoms with Gasteiger partial charge in [0.25, 0.3) is 0 Å². The molecule has 0 radical (unpaired) electrons. The molecule has 4 heteroatoms. The van der Waals surface area contributed by atoms with Crippen molar-refractivity contribution in [2.45, 2.75) is 13.0 Å². The Bertz CT molecular complexity index is 572. The minimum atomic E-state index is -0.603. The van der Waals surface area contributed by atoms with E-state index in [0.29, 0.717) is 0 Å². The SMILES string of the molecule is Cc1ccccc1C(CN)Oc1cc(F)ccc1F. The zero-order valence-corrected chi connectivity index (χ0v) is 10.6. The van der Waals surface area contributed by atoms with Gasteiger partial charge in [-0.15, -0.1) is 0 Å². The molecular formula is C15H15F2NO. The lowest BCUT2D eigenvalue weighted by atomic mass is 10.0. The second kappa shape index (κ2) is 5.80. The zero-order chi connectivity index (χ0) is 13.8. The van der Waals surface area contributed by atoms with Gasteiger partial charge in [0.1, 0.15) is 11.9 Å². The van der Waals surface area contributed by atoms with E-state index in [1.165, 1.54) is 0 Å². The summed E-state index contributed by atoms with van der Waals surface area (Å²) >= 11 is 0. The van der Waals surface area contributed by atoms with Crippen LogP contribution in [0.25, 0.3) is 0 Å². The molecule has 100 valence electrons. The molecule has 0 heterocycles. The Balaban J connectivity index is 2.29. The summed E-state index contributed by atoms with van der Waals surface area (Å²) in [6.07, 6.45) is -0.502. The quantitative estimate of drug-likeness (QED) is 0.918. The topological polar surface area (TPSA) is 35.2 Å². The van der Waals surface area contributed by atoms with Gasteiger partial charge < -0.3 is 10.5 Å². The van der Waals surface area contributed by atoms with Crippen molar-refractivity contribution >= 4 is 0 Å². The first kappa shape index (κ1) is 13.5. The van der Waals surface area contributed by atoms with Gasteiger partial charge in [-0.2, -0.15) is 0 Å². The Morgan fingerprint density at radius 1 is 1.16 bits per heavy atom. The Labute approximate surface area is 110 Å². The first-order valence-corrected chi connectivity index (χ1v) is 5.99. The Hall–Kier alpha value is -1.94. The summed E-state index contributed by atoms with van der Waals surface area (Å²) in [5.74, 6) is -1.27. The van der Waals surface area contributed by atoms with E-state index in [1.807, 2.05) is 31.2 Å². The minimum absolute atomic E-state index is 0.126. The van der Waals surface area contributed by atoms with Crippen molar-refractivity contribution < 1.29 is 13.5 Å². The van der Waals surface area contributed by atoms with E-state index in [-0.39, 0.29) is 12.3 Å². The van der Waals surface area contributed by atoms with Crippen LogP contribution in [0.5, 0.6) is 5.75 Å². The fourth-order valence-electron chi connectivity index (χ4n) is 1.91. The van der Waals surface area contributed by atoms with Crippen LogP contribution in [-0.2, 0) is 0 Å². The number of hydrogen-bond acceptors (Lipinski definition) is 2. The summed E-state index contributed by atoms with van der Waals surface area (Å²) in [5.41, 5.74) is 7.53. The molecule has 0 aromatic heterocycles. The molecule has 0 amide bonds. The molecule has 2 aromatic rings. The summed E-state index contributed by atoms with van der Waals surface area (Å²) in [4.78, 5) is 0. The van der Waals surface area contributed by atoms with Gasteiger partial charge in [0.2, 0.25) is 0 Å². The van der Waals surface area contributed by atoms with Crippen molar-refractivity contribution in [1.29, 1.82) is 0 Å². The largest absolute Gasteiger partial charge is 0.481 e. The van der Waals surface area contributed by atoms with Crippen molar-refractivity contribution in [3.8, 4) is 5.75 Å². The normalized spacial score (nSPS) is 12.2. The zero-order valence-electron chi connectivity index (χ0n) is 10.6. The Morgan fingerprint density at radius 2 is 1.89 bits per heavy atom. The predicted octanol–water partition coefficient (Wildman–Crippen LogP) is 3.35. The van der Waals surface area contributed by atoms with Gasteiger partial charge in [-0.25, -0.2) is 8.78 Å². The van der Waals surface area contributed by atoms with E-state index < -0.39 is 17.7 Å². The molecule has 0 aliphatic rings. The van der Waals surface area contributed by atoms with Crippen LogP contribution in [-0.4, -0.2) is 6.54 Å². The maximum Gasteiger partial charge on any atom is 0.165 e. The fourth-order valence-corrected chi connectivity index (χ4v) is 1.91. The molecule has 0 bridgehead atoms. The lowest BCUT2D eigenvalue weighted by Gasteiger charge is -2.20. The lowest BCUT2D eigenvalue weighted by molar-refractivity contribution is 0.203. The molecular weight excluding hydrogens is 248 g/mol. The van der Waals surface area contributed by atoms with E-state index in [0.717, 1.165) is 29.3 Å². The maximum atomic E-state index is 13.6. The molecule has 2 rings (SSSR count). The molecule has 0 saturated heterocycles. The molecule has 0 spiro atoms. The van der Waals surface area contributed by atoms with Crippen molar-refractivity contribution in [3.05, 3.63) is 65.2 Å². The van der Waals surface area contributed by atoms with Gasteiger partial charge >= 0.3 is 0 Å². The van der Waals surface area contributed by atoms with E-state index in [2.05, 4.69) is 0 Å². The van der Waals surface area contributed by atoms with Gasteiger partial charge in [0, 0.05) is 12.6 Å². The number of halogens is 2. The standard InChI is InChI=1S/C15H15F2NO/c1-10-4-2-3-5-12(10)15(9-18)19-14-8-11(16)6-7-13(14)17/h2-8,15H,9,18H2,1H3. The highest BCUT2D eigenvalue weighted by atomic mass is 19.1. The average molecular weight is 263 g/mol. The second-order valence-electron chi connectivity index (χ2n) is 4.27. The number of rotatable bonds is 4. The van der Waals surface area contributed by atoms with Gasteiger partial charge in [0.05, 0.1) is 0 Å². The van der Waals surface area contributed by atoms with Crippen molar-refractivity contribution in [2.24, 2.45) is 5.73 Å². The summed E-state index contributed by atoms with van der Waals surface area (Å²) in [6, 6.07) is 10.7. The summed E-state index contributed by atoms with van der Waals surface area (Å²) < 4.78 is 32.2. The highest BCUT2D eigenvalue weighted by Gasteiger charge is 2.16. The maximum absolute atomic E-state index is 13.6. The fraction of sp³-hybridized carbons (Fsp3) is 0.200. The van der Waals surface area contributed by atoms with E-state index in [4.69, 9.17) is 10.5 Å². The van der Waals surface area contributed by atoms with Crippen molar-refractivity contribution in [1.82, 2.24) is 0 Å². The highest BCUT2D eigenvalue weighted by molar-refractivity contribution is 5.31. The minimum Gasteiger partial charge on any atom is -0.481 e. The number of aryl methyl sites for hydroxylation is 1. The molecule has 19 heavy (non-hydrogen) atoms. The van der Waals surface area contributed by atoms with Crippen LogP contribution in [0.15, 0.2) is 42.5 Å². The van der Waals surface area contributed by atoms with Gasteiger partial charge in [0.15, 0.2) is 11.6 Å². The van der Waals surface area contributed by atoms with Crippen molar-refractivity contribution in [3.63, 3.8) is 0 Å². The van der Waals surface area contributed by atoms with Crippen LogP contribution >= 0.6 is 0 Å².